The van der Waals surface area contributed by atoms with Gasteiger partial charge in [0.05, 0.1) is 11.5 Å². The van der Waals surface area contributed by atoms with Crippen molar-refractivity contribution in [3.8, 4) is 5.75 Å². The Morgan fingerprint density at radius 1 is 1.19 bits per heavy atom. The van der Waals surface area contributed by atoms with E-state index >= 15 is 0 Å². The summed E-state index contributed by atoms with van der Waals surface area (Å²) in [7, 11) is 0. The van der Waals surface area contributed by atoms with Crippen molar-refractivity contribution >= 4 is 17.3 Å². The molecule has 0 bridgehead atoms. The van der Waals surface area contributed by atoms with Gasteiger partial charge in [-0.05, 0) is 61.1 Å². The second-order valence-corrected chi connectivity index (χ2v) is 7.73. The van der Waals surface area contributed by atoms with Crippen molar-refractivity contribution < 1.29 is 10.2 Å². The molecule has 1 saturated heterocycles. The SMILES string of the molecule is CCCC(O)c1ccc(N2CCC(Cl)C2CCc2cccc(O)c2)cc1. The first kappa shape index (κ1) is 19.1. The second kappa shape index (κ2) is 8.79. The summed E-state index contributed by atoms with van der Waals surface area (Å²) in [6.45, 7) is 3.04. The maximum absolute atomic E-state index is 10.1. The van der Waals surface area contributed by atoms with E-state index in [1.165, 1.54) is 5.69 Å². The van der Waals surface area contributed by atoms with Crippen LogP contribution >= 0.6 is 11.6 Å². The highest BCUT2D eigenvalue weighted by atomic mass is 35.5. The molecule has 0 radical (unpaired) electrons. The third-order valence-electron chi connectivity index (χ3n) is 5.27. The van der Waals surface area contributed by atoms with Crippen LogP contribution in [0.25, 0.3) is 0 Å². The number of halogens is 1. The molecule has 3 nitrogen and oxygen atoms in total. The number of hydrogen-bond acceptors (Lipinski definition) is 3. The maximum atomic E-state index is 10.1. The molecular weight excluding hydrogens is 346 g/mol. The molecule has 0 amide bonds. The Labute approximate surface area is 161 Å². The van der Waals surface area contributed by atoms with Crippen LogP contribution in [0.3, 0.4) is 0 Å². The molecule has 2 aromatic carbocycles. The molecule has 3 rings (SSSR count). The molecule has 2 N–H and O–H groups in total. The topological polar surface area (TPSA) is 43.7 Å². The van der Waals surface area contributed by atoms with E-state index in [2.05, 4.69) is 24.0 Å². The lowest BCUT2D eigenvalue weighted by Gasteiger charge is -2.28. The molecule has 3 unspecified atom stereocenters. The van der Waals surface area contributed by atoms with Crippen LogP contribution in [0, 0.1) is 0 Å². The minimum absolute atomic E-state index is 0.137. The summed E-state index contributed by atoms with van der Waals surface area (Å²) in [5.41, 5.74) is 3.29. The van der Waals surface area contributed by atoms with E-state index in [0.717, 1.165) is 49.8 Å². The molecule has 1 fully saturated rings. The van der Waals surface area contributed by atoms with Gasteiger partial charge < -0.3 is 15.1 Å². The van der Waals surface area contributed by atoms with Gasteiger partial charge in [-0.3, -0.25) is 0 Å². The van der Waals surface area contributed by atoms with E-state index in [0.29, 0.717) is 5.75 Å². The van der Waals surface area contributed by atoms with E-state index in [-0.39, 0.29) is 17.5 Å². The Balaban J connectivity index is 1.68. The van der Waals surface area contributed by atoms with Gasteiger partial charge in [0.1, 0.15) is 5.75 Å². The molecule has 1 aliphatic heterocycles. The molecular formula is C22H28ClNO2. The van der Waals surface area contributed by atoms with E-state index in [1.807, 2.05) is 30.3 Å². The fraction of sp³-hybridized carbons (Fsp3) is 0.455. The number of aromatic hydroxyl groups is 1. The highest BCUT2D eigenvalue weighted by Crippen LogP contribution is 2.32. The number of nitrogens with zero attached hydrogens (tertiary/aromatic N) is 1. The Morgan fingerprint density at radius 2 is 1.96 bits per heavy atom. The normalized spacial score (nSPS) is 21.1. The van der Waals surface area contributed by atoms with Crippen LogP contribution in [0.1, 0.15) is 49.8 Å². The van der Waals surface area contributed by atoms with Crippen LogP contribution in [0.5, 0.6) is 5.75 Å². The van der Waals surface area contributed by atoms with Crippen LogP contribution in [0.2, 0.25) is 0 Å². The van der Waals surface area contributed by atoms with Gasteiger partial charge in [-0.1, -0.05) is 37.6 Å². The van der Waals surface area contributed by atoms with Crippen LogP contribution in [0.15, 0.2) is 48.5 Å². The zero-order valence-corrected chi connectivity index (χ0v) is 16.1. The van der Waals surface area contributed by atoms with Crippen LogP contribution in [0.4, 0.5) is 5.69 Å². The fourth-order valence-corrected chi connectivity index (χ4v) is 4.19. The summed E-state index contributed by atoms with van der Waals surface area (Å²) < 4.78 is 0. The van der Waals surface area contributed by atoms with E-state index in [1.54, 1.807) is 6.07 Å². The first-order chi connectivity index (χ1) is 12.6. The van der Waals surface area contributed by atoms with Gasteiger partial charge in [-0.2, -0.15) is 0 Å². The second-order valence-electron chi connectivity index (χ2n) is 7.17. The number of rotatable bonds is 7. The number of aliphatic hydroxyl groups is 1. The van der Waals surface area contributed by atoms with Crippen LogP contribution in [-0.2, 0) is 6.42 Å². The van der Waals surface area contributed by atoms with Gasteiger partial charge in [0.15, 0.2) is 0 Å². The molecule has 1 aliphatic rings. The fourth-order valence-electron chi connectivity index (χ4n) is 3.83. The third-order valence-corrected chi connectivity index (χ3v) is 5.78. The number of aliphatic hydroxyl groups excluding tert-OH is 1. The monoisotopic (exact) mass is 373 g/mol. The predicted molar refractivity (Wildman–Crippen MR) is 108 cm³/mol. The first-order valence-electron chi connectivity index (χ1n) is 9.55. The lowest BCUT2D eigenvalue weighted by molar-refractivity contribution is 0.166. The molecule has 3 atom stereocenters. The summed E-state index contributed by atoms with van der Waals surface area (Å²) in [6.07, 6.45) is 4.21. The molecule has 4 heteroatoms. The van der Waals surface area contributed by atoms with Crippen molar-refractivity contribution in [3.63, 3.8) is 0 Å². The highest BCUT2D eigenvalue weighted by molar-refractivity contribution is 6.21. The summed E-state index contributed by atoms with van der Waals surface area (Å²) in [4.78, 5) is 2.39. The van der Waals surface area contributed by atoms with Gasteiger partial charge >= 0.3 is 0 Å². The van der Waals surface area contributed by atoms with E-state index < -0.39 is 0 Å². The standard InChI is InChI=1S/C22H28ClNO2/c1-2-4-22(26)17-8-10-18(11-9-17)24-14-13-20(23)21(24)12-7-16-5-3-6-19(25)15-16/h3,5-6,8-11,15,20-22,25-26H,2,4,7,12-14H2,1H3. The van der Waals surface area contributed by atoms with E-state index in [4.69, 9.17) is 11.6 Å². The lowest BCUT2D eigenvalue weighted by atomic mass is 10.0. The highest BCUT2D eigenvalue weighted by Gasteiger charge is 2.32. The number of phenolic OH excluding ortho intramolecular Hbond substituents is 1. The van der Waals surface area contributed by atoms with Crippen molar-refractivity contribution in [3.05, 3.63) is 59.7 Å². The van der Waals surface area contributed by atoms with Crippen molar-refractivity contribution in [2.45, 2.75) is 56.6 Å². The van der Waals surface area contributed by atoms with E-state index in [9.17, 15) is 10.2 Å². The third kappa shape index (κ3) is 4.52. The zero-order chi connectivity index (χ0) is 18.5. The smallest absolute Gasteiger partial charge is 0.115 e. The minimum Gasteiger partial charge on any atom is -0.508 e. The molecule has 2 aromatic rings. The number of anilines is 1. The average molecular weight is 374 g/mol. The van der Waals surface area contributed by atoms with Gasteiger partial charge in [-0.15, -0.1) is 11.6 Å². The predicted octanol–water partition coefficient (Wildman–Crippen LogP) is 5.04. The zero-order valence-electron chi connectivity index (χ0n) is 15.3. The molecule has 140 valence electrons. The largest absolute Gasteiger partial charge is 0.508 e. The van der Waals surface area contributed by atoms with Crippen molar-refractivity contribution in [2.75, 3.05) is 11.4 Å². The molecule has 26 heavy (non-hydrogen) atoms. The Bertz CT molecular complexity index is 704. The number of phenols is 1. The summed E-state index contributed by atoms with van der Waals surface area (Å²) >= 11 is 6.61. The van der Waals surface area contributed by atoms with Crippen molar-refractivity contribution in [1.82, 2.24) is 0 Å². The summed E-state index contributed by atoms with van der Waals surface area (Å²) in [5.74, 6) is 0.314. The summed E-state index contributed by atoms with van der Waals surface area (Å²) in [5, 5.41) is 19.9. The Hall–Kier alpha value is -1.71. The number of aryl methyl sites for hydroxylation is 1. The van der Waals surface area contributed by atoms with Crippen LogP contribution < -0.4 is 4.90 Å². The Morgan fingerprint density at radius 3 is 2.65 bits per heavy atom. The van der Waals surface area contributed by atoms with Gasteiger partial charge in [0, 0.05) is 18.3 Å². The number of alkyl halides is 1. The van der Waals surface area contributed by atoms with Crippen molar-refractivity contribution in [1.29, 1.82) is 0 Å². The maximum Gasteiger partial charge on any atom is 0.115 e. The molecule has 0 spiro atoms. The first-order valence-corrected chi connectivity index (χ1v) is 9.98. The quantitative estimate of drug-likeness (QED) is 0.668. The average Bonchev–Trinajstić information content (AvgIpc) is 3.01. The lowest BCUT2D eigenvalue weighted by Crippen LogP contribution is -2.33. The molecule has 0 aromatic heterocycles. The Kier molecular flexibility index (Phi) is 6.44. The van der Waals surface area contributed by atoms with Gasteiger partial charge in [0.25, 0.3) is 0 Å². The van der Waals surface area contributed by atoms with Gasteiger partial charge in [0.2, 0.25) is 0 Å². The number of benzene rings is 2. The van der Waals surface area contributed by atoms with Crippen LogP contribution in [-0.4, -0.2) is 28.2 Å². The molecule has 0 saturated carbocycles. The molecule has 0 aliphatic carbocycles. The number of hydrogen-bond donors (Lipinski definition) is 2. The van der Waals surface area contributed by atoms with Gasteiger partial charge in [-0.25, -0.2) is 0 Å². The summed E-state index contributed by atoms with van der Waals surface area (Å²) in [6, 6.07) is 16.0. The minimum atomic E-state index is -0.380. The van der Waals surface area contributed by atoms with Crippen molar-refractivity contribution in [2.24, 2.45) is 0 Å². The molecule has 1 heterocycles.